The van der Waals surface area contributed by atoms with Gasteiger partial charge in [0.2, 0.25) is 0 Å². The van der Waals surface area contributed by atoms with Gasteiger partial charge in [-0.1, -0.05) is 70.0 Å². The quantitative estimate of drug-likeness (QED) is 0.128. The molecule has 0 amide bonds. The van der Waals surface area contributed by atoms with E-state index in [0.717, 1.165) is 8.95 Å². The molecule has 4 aromatic carbocycles. The number of benzene rings is 4. The van der Waals surface area contributed by atoms with Crippen LogP contribution in [-0.4, -0.2) is 15.6 Å². The molecule has 2 atom stereocenters. The van der Waals surface area contributed by atoms with Crippen molar-refractivity contribution >= 4 is 71.8 Å². The topological polar surface area (TPSA) is 127 Å². The zero-order valence-corrected chi connectivity index (χ0v) is 24.6. The maximum atomic E-state index is 13.5. The van der Waals surface area contributed by atoms with Crippen molar-refractivity contribution in [1.29, 1.82) is 0 Å². The summed E-state index contributed by atoms with van der Waals surface area (Å²) in [4.78, 5) is 36.2. The zero-order valence-electron chi connectivity index (χ0n) is 21.4. The molecule has 0 bridgehead atoms. The number of hydrogen-bond acceptors (Lipinski definition) is 7. The number of carbonyl (C=O) groups is 1. The molecule has 9 nitrogen and oxygen atoms in total. The lowest BCUT2D eigenvalue weighted by atomic mass is 9.85. The van der Waals surface area contributed by atoms with Crippen molar-refractivity contribution in [2.45, 2.75) is 25.7 Å². The molecule has 0 aliphatic carbocycles. The Labute approximate surface area is 247 Å². The molecular formula is C29H24Br2N4O5. The van der Waals surface area contributed by atoms with E-state index in [-0.39, 0.29) is 17.2 Å². The van der Waals surface area contributed by atoms with Crippen molar-refractivity contribution in [3.63, 3.8) is 0 Å². The Morgan fingerprint density at radius 1 is 0.675 bits per heavy atom. The highest BCUT2D eigenvalue weighted by molar-refractivity contribution is 9.10. The van der Waals surface area contributed by atoms with Gasteiger partial charge >= 0.3 is 0 Å². The summed E-state index contributed by atoms with van der Waals surface area (Å²) < 4.78 is 1.64. The van der Waals surface area contributed by atoms with Crippen LogP contribution >= 0.6 is 31.9 Å². The highest BCUT2D eigenvalue weighted by atomic mass is 79.9. The molecule has 0 fully saturated rings. The van der Waals surface area contributed by atoms with E-state index in [1.807, 2.05) is 24.3 Å². The van der Waals surface area contributed by atoms with Crippen LogP contribution in [0.3, 0.4) is 0 Å². The SMILES string of the molecule is CC(C(=O)C(C)c1ccc(Nc2cccc(Br)c2)c([N+](=O)[O-])c1)c1ccc(Nc2cccc(Br)c2)c([N+](=O)[O-])c1. The fourth-order valence-corrected chi connectivity index (χ4v) is 5.10. The Hall–Kier alpha value is -4.09. The Kier molecular flexibility index (Phi) is 8.96. The third kappa shape index (κ3) is 6.72. The first-order valence-corrected chi connectivity index (χ1v) is 13.8. The van der Waals surface area contributed by atoms with Gasteiger partial charge in [-0.15, -0.1) is 0 Å². The van der Waals surface area contributed by atoms with E-state index in [4.69, 9.17) is 0 Å². The third-order valence-corrected chi connectivity index (χ3v) is 7.48. The molecule has 0 aromatic heterocycles. The second kappa shape index (κ2) is 12.4. The van der Waals surface area contributed by atoms with Gasteiger partial charge < -0.3 is 10.6 Å². The molecule has 0 heterocycles. The summed E-state index contributed by atoms with van der Waals surface area (Å²) in [6, 6.07) is 23.8. The average molecular weight is 668 g/mol. The molecule has 2 unspecified atom stereocenters. The van der Waals surface area contributed by atoms with E-state index in [9.17, 15) is 25.0 Å². The summed E-state index contributed by atoms with van der Waals surface area (Å²) in [7, 11) is 0. The second-order valence-corrected chi connectivity index (χ2v) is 11.0. The smallest absolute Gasteiger partial charge is 0.292 e. The molecule has 0 aliphatic heterocycles. The van der Waals surface area contributed by atoms with E-state index < -0.39 is 21.7 Å². The van der Waals surface area contributed by atoms with Crippen molar-refractivity contribution in [1.82, 2.24) is 0 Å². The van der Waals surface area contributed by atoms with Crippen LogP contribution in [0, 0.1) is 20.2 Å². The highest BCUT2D eigenvalue weighted by Crippen LogP contribution is 2.36. The number of nitrogens with one attached hydrogen (secondary N) is 2. The molecule has 2 N–H and O–H groups in total. The van der Waals surface area contributed by atoms with E-state index in [1.165, 1.54) is 12.1 Å². The van der Waals surface area contributed by atoms with Crippen LogP contribution in [0.2, 0.25) is 0 Å². The summed E-state index contributed by atoms with van der Waals surface area (Å²) in [5.41, 5.74) is 2.56. The maximum absolute atomic E-state index is 13.5. The van der Waals surface area contributed by atoms with E-state index in [2.05, 4.69) is 42.5 Å². The molecule has 0 saturated carbocycles. The van der Waals surface area contributed by atoms with Crippen molar-refractivity contribution in [3.05, 3.63) is 125 Å². The monoisotopic (exact) mass is 666 g/mol. The third-order valence-electron chi connectivity index (χ3n) is 6.50. The Balaban J connectivity index is 1.57. The Bertz CT molecular complexity index is 1490. The van der Waals surface area contributed by atoms with Gasteiger partial charge in [0.05, 0.1) is 9.85 Å². The van der Waals surface area contributed by atoms with E-state index >= 15 is 0 Å². The van der Waals surface area contributed by atoms with E-state index in [1.54, 1.807) is 62.4 Å². The van der Waals surface area contributed by atoms with Gasteiger partial charge in [0, 0.05) is 44.3 Å². The molecule has 0 radical (unpaired) electrons. The van der Waals surface area contributed by atoms with Gasteiger partial charge in [0.15, 0.2) is 0 Å². The molecule has 4 rings (SSSR count). The van der Waals surface area contributed by atoms with Gasteiger partial charge in [0.25, 0.3) is 11.4 Å². The van der Waals surface area contributed by atoms with Crippen molar-refractivity contribution in [2.75, 3.05) is 10.6 Å². The van der Waals surface area contributed by atoms with Gasteiger partial charge in [0.1, 0.15) is 17.2 Å². The lowest BCUT2D eigenvalue weighted by Gasteiger charge is -2.18. The van der Waals surface area contributed by atoms with Crippen LogP contribution in [0.1, 0.15) is 36.8 Å². The highest BCUT2D eigenvalue weighted by Gasteiger charge is 2.27. The molecule has 0 saturated heterocycles. The van der Waals surface area contributed by atoms with Crippen LogP contribution in [-0.2, 0) is 4.79 Å². The fourth-order valence-electron chi connectivity index (χ4n) is 4.30. The molecule has 0 spiro atoms. The average Bonchev–Trinajstić information content (AvgIpc) is 2.92. The maximum Gasteiger partial charge on any atom is 0.292 e. The second-order valence-electron chi connectivity index (χ2n) is 9.18. The normalized spacial score (nSPS) is 12.3. The standard InChI is InChI=1S/C29H24Br2N4O5/c1-17(19-9-11-25(27(13-19)34(37)38)32-23-7-3-5-21(30)15-23)29(36)18(2)20-10-12-26(28(14-20)35(39)40)33-24-8-4-6-22(31)16-24/h3-18,32-33H,1-2H3. The molecule has 4 aromatic rings. The van der Waals surface area contributed by atoms with Gasteiger partial charge in [-0.3, -0.25) is 25.0 Å². The number of carbonyl (C=O) groups excluding carboxylic acids is 1. The molecule has 40 heavy (non-hydrogen) atoms. The predicted octanol–water partition coefficient (Wildman–Crippen LogP) is 8.99. The van der Waals surface area contributed by atoms with Crippen LogP contribution in [0.5, 0.6) is 0 Å². The number of nitrogens with zero attached hydrogens (tertiary/aromatic N) is 2. The zero-order chi connectivity index (χ0) is 29.0. The van der Waals surface area contributed by atoms with Gasteiger partial charge in [-0.05, 0) is 59.7 Å². The summed E-state index contributed by atoms with van der Waals surface area (Å²) in [5.74, 6) is -1.59. The number of halogens is 2. The summed E-state index contributed by atoms with van der Waals surface area (Å²) in [5, 5.41) is 29.8. The van der Waals surface area contributed by atoms with Gasteiger partial charge in [-0.2, -0.15) is 0 Å². The van der Waals surface area contributed by atoms with Crippen molar-refractivity contribution in [3.8, 4) is 0 Å². The minimum Gasteiger partial charge on any atom is -0.350 e. The molecule has 0 aliphatic rings. The first kappa shape index (κ1) is 28.9. The number of Topliss-reactive ketones (excluding diaryl/α,β-unsaturated/α-hetero) is 1. The van der Waals surface area contributed by atoms with Crippen molar-refractivity contribution in [2.24, 2.45) is 0 Å². The van der Waals surface area contributed by atoms with Crippen LogP contribution in [0.15, 0.2) is 93.9 Å². The molecular weight excluding hydrogens is 644 g/mol. The first-order valence-electron chi connectivity index (χ1n) is 12.2. The number of hydrogen-bond donors (Lipinski definition) is 2. The summed E-state index contributed by atoms with van der Waals surface area (Å²) >= 11 is 6.76. The van der Waals surface area contributed by atoms with Crippen LogP contribution < -0.4 is 10.6 Å². The summed E-state index contributed by atoms with van der Waals surface area (Å²) in [6.45, 7) is 3.35. The Morgan fingerprint density at radius 2 is 1.07 bits per heavy atom. The summed E-state index contributed by atoms with van der Waals surface area (Å²) in [6.07, 6.45) is 0. The number of nitro groups is 2. The number of anilines is 4. The minimum atomic E-state index is -0.688. The lowest BCUT2D eigenvalue weighted by Crippen LogP contribution is -2.17. The number of nitro benzene ring substituents is 2. The number of rotatable bonds is 10. The van der Waals surface area contributed by atoms with Crippen molar-refractivity contribution < 1.29 is 14.6 Å². The molecule has 11 heteroatoms. The van der Waals surface area contributed by atoms with E-state index in [0.29, 0.717) is 33.9 Å². The lowest BCUT2D eigenvalue weighted by molar-refractivity contribution is -0.384. The molecule has 204 valence electrons. The van der Waals surface area contributed by atoms with Crippen LogP contribution in [0.25, 0.3) is 0 Å². The Morgan fingerprint density at radius 3 is 1.43 bits per heavy atom. The minimum absolute atomic E-state index is 0.164. The fraction of sp³-hybridized carbons (Fsp3) is 0.138. The predicted molar refractivity (Wildman–Crippen MR) is 163 cm³/mol. The largest absolute Gasteiger partial charge is 0.350 e. The first-order chi connectivity index (χ1) is 19.0. The van der Waals surface area contributed by atoms with Gasteiger partial charge in [-0.25, -0.2) is 0 Å². The van der Waals surface area contributed by atoms with Crippen LogP contribution in [0.4, 0.5) is 34.1 Å². The number of ketones is 1.